The Morgan fingerprint density at radius 1 is 1.08 bits per heavy atom. The van der Waals surface area contributed by atoms with E-state index >= 15 is 0 Å². The Balaban J connectivity index is 1.42. The number of rotatable bonds is 4. The van der Waals surface area contributed by atoms with Gasteiger partial charge < -0.3 is 14.7 Å². The van der Waals surface area contributed by atoms with Crippen molar-refractivity contribution < 1.29 is 4.79 Å². The van der Waals surface area contributed by atoms with E-state index < -0.39 is 0 Å². The molecule has 0 aliphatic carbocycles. The fourth-order valence-corrected chi connectivity index (χ4v) is 3.87. The van der Waals surface area contributed by atoms with Crippen molar-refractivity contribution in [2.75, 3.05) is 50.7 Å². The summed E-state index contributed by atoms with van der Waals surface area (Å²) in [7, 11) is 0. The predicted octanol–water partition coefficient (Wildman–Crippen LogP) is 2.77. The average Bonchev–Trinajstić information content (AvgIpc) is 2.61. The molecule has 0 radical (unpaired) electrons. The molecule has 0 N–H and O–H groups in total. The van der Waals surface area contributed by atoms with Gasteiger partial charge in [-0.2, -0.15) is 0 Å². The van der Waals surface area contributed by atoms with E-state index in [4.69, 9.17) is 0 Å². The average molecular weight is 329 g/mol. The Hall–Kier alpha value is -1.55. The number of hydrogen-bond acceptors (Lipinski definition) is 3. The van der Waals surface area contributed by atoms with Gasteiger partial charge in [-0.3, -0.25) is 4.79 Å². The van der Waals surface area contributed by atoms with Gasteiger partial charge >= 0.3 is 0 Å². The van der Waals surface area contributed by atoms with Gasteiger partial charge in [0.05, 0.1) is 0 Å². The molecule has 132 valence electrons. The van der Waals surface area contributed by atoms with Crippen LogP contribution in [0.2, 0.25) is 0 Å². The maximum atomic E-state index is 12.5. The van der Waals surface area contributed by atoms with E-state index in [1.165, 1.54) is 30.6 Å². The number of carbonyl (C=O) groups excluding carboxylic acids is 1. The number of amides is 1. The van der Waals surface area contributed by atoms with Crippen LogP contribution in [0.3, 0.4) is 0 Å². The molecule has 2 fully saturated rings. The van der Waals surface area contributed by atoms with Gasteiger partial charge in [0.25, 0.3) is 0 Å². The second-order valence-electron chi connectivity index (χ2n) is 7.50. The molecular formula is C20H31N3O. The lowest BCUT2D eigenvalue weighted by Gasteiger charge is -2.37. The zero-order valence-corrected chi connectivity index (χ0v) is 15.2. The first-order chi connectivity index (χ1) is 11.6. The molecule has 2 saturated heterocycles. The molecule has 2 aliphatic heterocycles. The third-order valence-electron chi connectivity index (χ3n) is 5.41. The molecule has 3 rings (SSSR count). The summed E-state index contributed by atoms with van der Waals surface area (Å²) in [5, 5.41) is 0. The van der Waals surface area contributed by atoms with Gasteiger partial charge in [-0.25, -0.2) is 0 Å². The van der Waals surface area contributed by atoms with Gasteiger partial charge in [0, 0.05) is 51.4 Å². The van der Waals surface area contributed by atoms with Crippen LogP contribution in [0, 0.1) is 12.8 Å². The molecule has 0 aromatic heterocycles. The lowest BCUT2D eigenvalue weighted by molar-refractivity contribution is -0.131. The zero-order chi connectivity index (χ0) is 16.9. The van der Waals surface area contributed by atoms with Crippen molar-refractivity contribution >= 4 is 11.6 Å². The topological polar surface area (TPSA) is 26.8 Å². The van der Waals surface area contributed by atoms with Gasteiger partial charge in [-0.15, -0.1) is 0 Å². The quantitative estimate of drug-likeness (QED) is 0.850. The first-order valence-electron chi connectivity index (χ1n) is 9.43. The Labute approximate surface area is 146 Å². The number of piperidine rings is 1. The Kier molecular flexibility index (Phi) is 5.77. The fraction of sp³-hybridized carbons (Fsp3) is 0.650. The van der Waals surface area contributed by atoms with Crippen LogP contribution in [-0.4, -0.2) is 61.5 Å². The highest BCUT2D eigenvalue weighted by Gasteiger charge is 2.22. The minimum atomic E-state index is 0.330. The van der Waals surface area contributed by atoms with Crippen LogP contribution in [-0.2, 0) is 4.79 Å². The second kappa shape index (κ2) is 8.02. The third kappa shape index (κ3) is 4.50. The van der Waals surface area contributed by atoms with Crippen LogP contribution in [0.15, 0.2) is 24.3 Å². The molecule has 1 aromatic carbocycles. The molecule has 24 heavy (non-hydrogen) atoms. The molecule has 0 saturated carbocycles. The molecule has 4 heteroatoms. The van der Waals surface area contributed by atoms with Crippen molar-refractivity contribution in [2.45, 2.75) is 33.1 Å². The Morgan fingerprint density at radius 2 is 1.79 bits per heavy atom. The summed E-state index contributed by atoms with van der Waals surface area (Å²) in [6, 6.07) is 8.69. The third-order valence-corrected chi connectivity index (χ3v) is 5.41. The first-order valence-corrected chi connectivity index (χ1v) is 9.43. The van der Waals surface area contributed by atoms with Crippen molar-refractivity contribution in [2.24, 2.45) is 5.92 Å². The summed E-state index contributed by atoms with van der Waals surface area (Å²) < 4.78 is 0. The molecule has 1 aromatic rings. The lowest BCUT2D eigenvalue weighted by atomic mass is 10.0. The van der Waals surface area contributed by atoms with E-state index in [1.807, 2.05) is 0 Å². The standard InChI is InChI=1S/C20H31N3O/c1-17-5-7-19(8-6-17)22-12-14-23(15-13-22)20(24)9-11-21-10-3-4-18(2)16-21/h5-8,18H,3-4,9-16H2,1-2H3/t18-/m0/s1. The van der Waals surface area contributed by atoms with Gasteiger partial charge in [-0.05, 0) is 44.4 Å². The lowest BCUT2D eigenvalue weighted by Crippen LogP contribution is -2.49. The van der Waals surface area contributed by atoms with E-state index in [1.54, 1.807) is 0 Å². The van der Waals surface area contributed by atoms with E-state index in [0.29, 0.717) is 12.3 Å². The zero-order valence-electron chi connectivity index (χ0n) is 15.2. The Bertz CT molecular complexity index is 534. The van der Waals surface area contributed by atoms with Gasteiger partial charge in [-0.1, -0.05) is 24.6 Å². The van der Waals surface area contributed by atoms with Crippen LogP contribution in [0.5, 0.6) is 0 Å². The summed E-state index contributed by atoms with van der Waals surface area (Å²) in [4.78, 5) is 19.4. The number of likely N-dealkylation sites (tertiary alicyclic amines) is 1. The van der Waals surface area contributed by atoms with Crippen molar-refractivity contribution in [1.29, 1.82) is 0 Å². The second-order valence-corrected chi connectivity index (χ2v) is 7.50. The summed E-state index contributed by atoms with van der Waals surface area (Å²) in [6.45, 7) is 11.3. The minimum absolute atomic E-state index is 0.330. The molecule has 4 nitrogen and oxygen atoms in total. The molecule has 2 aliphatic rings. The SMILES string of the molecule is Cc1ccc(N2CCN(C(=O)CCN3CCC[C@H](C)C3)CC2)cc1. The van der Waals surface area contributed by atoms with E-state index in [2.05, 4.69) is 52.8 Å². The molecular weight excluding hydrogens is 298 g/mol. The minimum Gasteiger partial charge on any atom is -0.368 e. The number of hydrogen-bond donors (Lipinski definition) is 0. The first kappa shape index (κ1) is 17.3. The number of benzene rings is 1. The molecule has 0 spiro atoms. The van der Waals surface area contributed by atoms with Crippen LogP contribution in [0.25, 0.3) is 0 Å². The Morgan fingerprint density at radius 3 is 2.46 bits per heavy atom. The predicted molar refractivity (Wildman–Crippen MR) is 99.4 cm³/mol. The van der Waals surface area contributed by atoms with Crippen LogP contribution in [0.4, 0.5) is 5.69 Å². The van der Waals surface area contributed by atoms with Crippen molar-refractivity contribution in [3.05, 3.63) is 29.8 Å². The smallest absolute Gasteiger partial charge is 0.223 e. The van der Waals surface area contributed by atoms with E-state index in [-0.39, 0.29) is 0 Å². The summed E-state index contributed by atoms with van der Waals surface area (Å²) in [6.07, 6.45) is 3.30. The number of carbonyl (C=O) groups is 1. The highest BCUT2D eigenvalue weighted by Crippen LogP contribution is 2.18. The normalized spacial score (nSPS) is 22.7. The number of piperazine rings is 1. The largest absolute Gasteiger partial charge is 0.368 e. The molecule has 2 heterocycles. The number of aryl methyl sites for hydroxylation is 1. The van der Waals surface area contributed by atoms with Crippen LogP contribution < -0.4 is 4.90 Å². The molecule has 1 atom stereocenters. The van der Waals surface area contributed by atoms with E-state index in [9.17, 15) is 4.79 Å². The van der Waals surface area contributed by atoms with Crippen molar-refractivity contribution in [1.82, 2.24) is 9.80 Å². The number of anilines is 1. The highest BCUT2D eigenvalue weighted by atomic mass is 16.2. The molecule has 1 amide bonds. The number of nitrogens with zero attached hydrogens (tertiary/aromatic N) is 3. The van der Waals surface area contributed by atoms with Crippen molar-refractivity contribution in [3.8, 4) is 0 Å². The monoisotopic (exact) mass is 329 g/mol. The molecule has 0 bridgehead atoms. The summed E-state index contributed by atoms with van der Waals surface area (Å²) >= 11 is 0. The van der Waals surface area contributed by atoms with Gasteiger partial charge in [0.1, 0.15) is 0 Å². The van der Waals surface area contributed by atoms with Gasteiger partial charge in [0.15, 0.2) is 0 Å². The van der Waals surface area contributed by atoms with Gasteiger partial charge in [0.2, 0.25) is 5.91 Å². The van der Waals surface area contributed by atoms with Crippen LogP contribution >= 0.6 is 0 Å². The fourth-order valence-electron chi connectivity index (χ4n) is 3.87. The van der Waals surface area contributed by atoms with E-state index in [0.717, 1.165) is 45.2 Å². The van der Waals surface area contributed by atoms with Crippen LogP contribution in [0.1, 0.15) is 31.7 Å². The summed E-state index contributed by atoms with van der Waals surface area (Å²) in [5.74, 6) is 1.11. The van der Waals surface area contributed by atoms with Crippen molar-refractivity contribution in [3.63, 3.8) is 0 Å². The summed E-state index contributed by atoms with van der Waals surface area (Å²) in [5.41, 5.74) is 2.56. The maximum Gasteiger partial charge on any atom is 0.223 e. The highest BCUT2D eigenvalue weighted by molar-refractivity contribution is 5.76. The maximum absolute atomic E-state index is 12.5. The molecule has 0 unspecified atom stereocenters.